The van der Waals surface area contributed by atoms with Gasteiger partial charge >= 0.3 is 0 Å². The van der Waals surface area contributed by atoms with Gasteiger partial charge in [-0.2, -0.15) is 0 Å². The van der Waals surface area contributed by atoms with Crippen LogP contribution in [0.15, 0.2) is 42.5 Å². The molecule has 100 valence electrons. The van der Waals surface area contributed by atoms with Crippen LogP contribution in [-0.2, 0) is 6.42 Å². The molecule has 0 N–H and O–H groups in total. The molecule has 2 aromatic rings. The van der Waals surface area contributed by atoms with Crippen molar-refractivity contribution in [3.63, 3.8) is 0 Å². The van der Waals surface area contributed by atoms with E-state index in [1.807, 2.05) is 30.3 Å². The molecule has 19 heavy (non-hydrogen) atoms. The molecular weight excluding hydrogens is 438 g/mol. The fourth-order valence-corrected chi connectivity index (χ4v) is 3.91. The van der Waals surface area contributed by atoms with Gasteiger partial charge in [-0.25, -0.2) is 0 Å². The third-order valence-electron chi connectivity index (χ3n) is 2.87. The first-order valence-electron chi connectivity index (χ1n) is 5.82. The number of rotatable bonds is 4. The minimum Gasteiger partial charge on any atom is -0.497 e. The summed E-state index contributed by atoms with van der Waals surface area (Å²) in [4.78, 5) is 0.256. The molecule has 0 aliphatic heterocycles. The van der Waals surface area contributed by atoms with Crippen LogP contribution in [0.3, 0.4) is 0 Å². The Labute approximate surface area is 140 Å². The Morgan fingerprint density at radius 3 is 2.53 bits per heavy atom. The van der Waals surface area contributed by atoms with Gasteiger partial charge in [0.25, 0.3) is 0 Å². The lowest BCUT2D eigenvalue weighted by Gasteiger charge is -2.13. The number of methoxy groups -OCH3 is 1. The Morgan fingerprint density at radius 2 is 1.89 bits per heavy atom. The molecule has 0 saturated heterocycles. The van der Waals surface area contributed by atoms with Gasteiger partial charge in [0.05, 0.1) is 7.11 Å². The first kappa shape index (κ1) is 15.1. The van der Waals surface area contributed by atoms with E-state index >= 15 is 0 Å². The van der Waals surface area contributed by atoms with Crippen molar-refractivity contribution in [3.8, 4) is 5.75 Å². The fraction of sp³-hybridized carbons (Fsp3) is 0.200. The molecule has 0 bridgehead atoms. The van der Waals surface area contributed by atoms with Crippen molar-refractivity contribution in [2.75, 3.05) is 7.11 Å². The molecule has 2 rings (SSSR count). The summed E-state index contributed by atoms with van der Waals surface area (Å²) in [5.74, 6) is 0.882. The largest absolute Gasteiger partial charge is 0.497 e. The zero-order valence-electron chi connectivity index (χ0n) is 10.4. The molecule has 1 nitrogen and oxygen atoms in total. The van der Waals surface area contributed by atoms with E-state index in [0.29, 0.717) is 0 Å². The number of ether oxygens (including phenoxy) is 1. The zero-order valence-corrected chi connectivity index (χ0v) is 14.9. The van der Waals surface area contributed by atoms with Gasteiger partial charge in [-0.3, -0.25) is 0 Å². The van der Waals surface area contributed by atoms with E-state index in [-0.39, 0.29) is 4.83 Å². The van der Waals surface area contributed by atoms with E-state index < -0.39 is 0 Å². The highest BCUT2D eigenvalue weighted by atomic mass is 127. The van der Waals surface area contributed by atoms with Crippen molar-refractivity contribution in [2.45, 2.75) is 11.2 Å². The summed E-state index contributed by atoms with van der Waals surface area (Å²) >= 11 is 12.1. The Balaban J connectivity index is 2.15. The van der Waals surface area contributed by atoms with Crippen molar-refractivity contribution in [2.24, 2.45) is 0 Å². The van der Waals surface area contributed by atoms with Crippen LogP contribution in [0.1, 0.15) is 16.0 Å². The molecule has 0 aliphatic carbocycles. The Kier molecular flexibility index (Phi) is 5.54. The molecule has 0 aromatic heterocycles. The van der Waals surface area contributed by atoms with Crippen LogP contribution in [0.2, 0.25) is 5.02 Å². The molecule has 0 heterocycles. The Morgan fingerprint density at radius 1 is 1.21 bits per heavy atom. The van der Waals surface area contributed by atoms with Crippen LogP contribution in [0.25, 0.3) is 0 Å². The van der Waals surface area contributed by atoms with E-state index in [9.17, 15) is 0 Å². The normalized spacial score (nSPS) is 12.2. The monoisotopic (exact) mass is 450 g/mol. The highest BCUT2D eigenvalue weighted by Gasteiger charge is 2.12. The maximum absolute atomic E-state index is 6.06. The van der Waals surface area contributed by atoms with Gasteiger partial charge in [-0.1, -0.05) is 39.7 Å². The number of alkyl halides is 1. The standard InChI is InChI=1S/C15H13BrClIO/c1-19-12-5-2-10(3-6-12)8-14(16)13-9-11(17)4-7-15(13)18/h2-7,9,14H,8H2,1H3. The predicted octanol–water partition coefficient (Wildman–Crippen LogP) is 5.63. The molecule has 0 aliphatic rings. The number of hydrogen-bond acceptors (Lipinski definition) is 1. The molecule has 1 unspecified atom stereocenters. The van der Waals surface area contributed by atoms with Crippen LogP contribution < -0.4 is 4.74 Å². The van der Waals surface area contributed by atoms with Gasteiger partial charge in [-0.15, -0.1) is 0 Å². The van der Waals surface area contributed by atoms with Crippen LogP contribution >= 0.6 is 50.1 Å². The molecule has 0 amide bonds. The van der Waals surface area contributed by atoms with Gasteiger partial charge < -0.3 is 4.74 Å². The highest BCUT2D eigenvalue weighted by molar-refractivity contribution is 14.1. The second kappa shape index (κ2) is 6.95. The zero-order chi connectivity index (χ0) is 13.8. The summed E-state index contributed by atoms with van der Waals surface area (Å²) in [6, 6.07) is 14.1. The number of hydrogen-bond donors (Lipinski definition) is 0. The number of halogens is 3. The predicted molar refractivity (Wildman–Crippen MR) is 92.5 cm³/mol. The van der Waals surface area contributed by atoms with E-state index in [1.54, 1.807) is 7.11 Å². The smallest absolute Gasteiger partial charge is 0.118 e. The third-order valence-corrected chi connectivity index (χ3v) is 4.90. The third kappa shape index (κ3) is 4.10. The van der Waals surface area contributed by atoms with E-state index in [0.717, 1.165) is 17.2 Å². The fourth-order valence-electron chi connectivity index (χ4n) is 1.83. The molecule has 4 heteroatoms. The Bertz CT molecular complexity index is 557. The average Bonchev–Trinajstić information content (AvgIpc) is 2.42. The molecule has 2 aromatic carbocycles. The van der Waals surface area contributed by atoms with Gasteiger partial charge in [0.1, 0.15) is 5.75 Å². The van der Waals surface area contributed by atoms with Crippen molar-refractivity contribution >= 4 is 50.1 Å². The van der Waals surface area contributed by atoms with Gasteiger partial charge in [0, 0.05) is 13.4 Å². The lowest BCUT2D eigenvalue weighted by atomic mass is 10.0. The summed E-state index contributed by atoms with van der Waals surface area (Å²) in [6.07, 6.45) is 0.917. The summed E-state index contributed by atoms with van der Waals surface area (Å²) in [5, 5.41) is 0.773. The summed E-state index contributed by atoms with van der Waals surface area (Å²) in [5.41, 5.74) is 2.49. The van der Waals surface area contributed by atoms with Gasteiger partial charge in [-0.05, 0) is 70.5 Å². The van der Waals surface area contributed by atoms with Crippen LogP contribution in [0.5, 0.6) is 5.75 Å². The number of benzene rings is 2. The second-order valence-corrected chi connectivity index (χ2v) is 6.89. The summed E-state index contributed by atoms with van der Waals surface area (Å²) < 4.78 is 6.38. The maximum atomic E-state index is 6.06. The maximum Gasteiger partial charge on any atom is 0.118 e. The lowest BCUT2D eigenvalue weighted by molar-refractivity contribution is 0.414. The van der Waals surface area contributed by atoms with Crippen LogP contribution in [0.4, 0.5) is 0 Å². The highest BCUT2D eigenvalue weighted by Crippen LogP contribution is 2.32. The quantitative estimate of drug-likeness (QED) is 0.432. The average molecular weight is 452 g/mol. The van der Waals surface area contributed by atoms with E-state index in [1.165, 1.54) is 14.7 Å². The topological polar surface area (TPSA) is 9.23 Å². The van der Waals surface area contributed by atoms with Crippen molar-refractivity contribution in [1.29, 1.82) is 0 Å². The minimum absolute atomic E-state index is 0.256. The minimum atomic E-state index is 0.256. The van der Waals surface area contributed by atoms with Gasteiger partial charge in [0.15, 0.2) is 0 Å². The van der Waals surface area contributed by atoms with Crippen molar-refractivity contribution < 1.29 is 4.74 Å². The SMILES string of the molecule is COc1ccc(CC(Br)c2cc(Cl)ccc2I)cc1. The Hall–Kier alpha value is -0.260. The van der Waals surface area contributed by atoms with Gasteiger partial charge in [0.2, 0.25) is 0 Å². The summed E-state index contributed by atoms with van der Waals surface area (Å²) in [6.45, 7) is 0. The second-order valence-electron chi connectivity index (χ2n) is 4.19. The summed E-state index contributed by atoms with van der Waals surface area (Å²) in [7, 11) is 1.68. The molecule has 0 spiro atoms. The van der Waals surface area contributed by atoms with E-state index in [2.05, 4.69) is 50.7 Å². The van der Waals surface area contributed by atoms with Crippen LogP contribution in [-0.4, -0.2) is 7.11 Å². The lowest BCUT2D eigenvalue weighted by Crippen LogP contribution is -1.98. The van der Waals surface area contributed by atoms with E-state index in [4.69, 9.17) is 16.3 Å². The first-order chi connectivity index (χ1) is 9.10. The first-order valence-corrected chi connectivity index (χ1v) is 8.19. The molecule has 0 fully saturated rings. The molecular formula is C15H13BrClIO. The van der Waals surface area contributed by atoms with Crippen molar-refractivity contribution in [3.05, 3.63) is 62.2 Å². The molecule has 0 saturated carbocycles. The molecule has 0 radical (unpaired) electrons. The van der Waals surface area contributed by atoms with Crippen molar-refractivity contribution in [1.82, 2.24) is 0 Å². The molecule has 1 atom stereocenters. The van der Waals surface area contributed by atoms with Crippen LogP contribution in [0, 0.1) is 3.57 Å².